The minimum Gasteiger partial charge on any atom is -0.503 e. The first kappa shape index (κ1) is 19.7. The summed E-state index contributed by atoms with van der Waals surface area (Å²) in [5.74, 6) is -3.04. The van der Waals surface area contributed by atoms with Crippen LogP contribution in [0.4, 0.5) is 8.78 Å². The first-order chi connectivity index (χ1) is 14.8. The van der Waals surface area contributed by atoms with Crippen molar-refractivity contribution in [2.75, 3.05) is 6.54 Å². The molecule has 1 saturated carbocycles. The maximum atomic E-state index is 13.8. The highest BCUT2D eigenvalue weighted by molar-refractivity contribution is 5.99. The number of aromatic nitrogens is 1. The average molecular weight is 429 g/mol. The van der Waals surface area contributed by atoms with Gasteiger partial charge >= 0.3 is 0 Å². The van der Waals surface area contributed by atoms with Crippen molar-refractivity contribution in [3.05, 3.63) is 63.1 Å². The molecule has 1 aliphatic carbocycles. The Labute approximate surface area is 176 Å². The Kier molecular flexibility index (Phi) is 4.39. The number of halogens is 2. The lowest BCUT2D eigenvalue weighted by Gasteiger charge is -2.57. The van der Waals surface area contributed by atoms with E-state index in [1.54, 1.807) is 4.90 Å². The van der Waals surface area contributed by atoms with Gasteiger partial charge in [-0.25, -0.2) is 8.78 Å². The summed E-state index contributed by atoms with van der Waals surface area (Å²) in [4.78, 5) is 40.2. The Morgan fingerprint density at radius 3 is 2.68 bits per heavy atom. The zero-order valence-corrected chi connectivity index (χ0v) is 16.7. The average Bonchev–Trinajstić information content (AvgIpc) is 2.75. The van der Waals surface area contributed by atoms with Gasteiger partial charge in [0.25, 0.3) is 11.8 Å². The summed E-state index contributed by atoms with van der Waals surface area (Å²) in [6, 6.07) is 2.98. The number of carbonyl (C=O) groups excluding carboxylic acids is 2. The number of benzene rings is 1. The normalized spacial score (nSPS) is 24.0. The lowest BCUT2D eigenvalue weighted by Crippen LogP contribution is -2.65. The van der Waals surface area contributed by atoms with Gasteiger partial charge in [0.2, 0.25) is 5.43 Å². The molecule has 2 bridgehead atoms. The van der Waals surface area contributed by atoms with Gasteiger partial charge in [0.05, 0.1) is 5.54 Å². The predicted octanol–water partition coefficient (Wildman–Crippen LogP) is 2.16. The van der Waals surface area contributed by atoms with E-state index in [1.165, 1.54) is 16.8 Å². The number of hydrogen-bond acceptors (Lipinski definition) is 4. The summed E-state index contributed by atoms with van der Waals surface area (Å²) >= 11 is 0. The van der Waals surface area contributed by atoms with Crippen LogP contribution in [-0.4, -0.2) is 38.5 Å². The summed E-state index contributed by atoms with van der Waals surface area (Å²) < 4.78 is 28.4. The van der Waals surface area contributed by atoms with Crippen LogP contribution in [0.3, 0.4) is 0 Å². The molecule has 1 aromatic carbocycles. The summed E-state index contributed by atoms with van der Waals surface area (Å²) in [6.07, 6.45) is 5.06. The van der Waals surface area contributed by atoms with Crippen molar-refractivity contribution in [1.29, 1.82) is 0 Å². The van der Waals surface area contributed by atoms with E-state index in [0.29, 0.717) is 25.1 Å². The number of nitrogens with one attached hydrogen (secondary N) is 1. The molecule has 2 saturated heterocycles. The Morgan fingerprint density at radius 1 is 1.23 bits per heavy atom. The molecule has 0 radical (unpaired) electrons. The summed E-state index contributed by atoms with van der Waals surface area (Å²) in [7, 11) is 0. The van der Waals surface area contributed by atoms with Gasteiger partial charge in [-0.1, -0.05) is 6.07 Å². The minimum atomic E-state index is -0.949. The molecule has 1 aromatic heterocycles. The second-order valence-corrected chi connectivity index (χ2v) is 8.70. The molecule has 0 unspecified atom stereocenters. The largest absolute Gasteiger partial charge is 0.503 e. The van der Waals surface area contributed by atoms with Crippen molar-refractivity contribution >= 4 is 11.8 Å². The van der Waals surface area contributed by atoms with Gasteiger partial charge in [-0.3, -0.25) is 14.4 Å². The third-order valence-electron chi connectivity index (χ3n) is 6.92. The predicted molar refractivity (Wildman–Crippen MR) is 106 cm³/mol. The molecule has 2 aromatic rings. The Hall–Kier alpha value is -3.23. The van der Waals surface area contributed by atoms with Gasteiger partial charge in [-0.05, 0) is 37.7 Å². The van der Waals surface area contributed by atoms with E-state index in [4.69, 9.17) is 0 Å². The Balaban J connectivity index is 1.46. The maximum Gasteiger partial charge on any atom is 0.275 e. The molecule has 2 N–H and O–H groups in total. The second-order valence-electron chi connectivity index (χ2n) is 8.70. The fourth-order valence-electron chi connectivity index (χ4n) is 5.20. The lowest BCUT2D eigenvalue weighted by atomic mass is 9.69. The van der Waals surface area contributed by atoms with E-state index in [0.717, 1.165) is 31.7 Å². The van der Waals surface area contributed by atoms with E-state index in [2.05, 4.69) is 5.32 Å². The van der Waals surface area contributed by atoms with Gasteiger partial charge in [0.15, 0.2) is 11.4 Å². The van der Waals surface area contributed by atoms with Crippen molar-refractivity contribution in [1.82, 2.24) is 14.8 Å². The summed E-state index contributed by atoms with van der Waals surface area (Å²) in [6.45, 7) is 0.768. The molecule has 1 spiro atoms. The van der Waals surface area contributed by atoms with Crippen LogP contribution >= 0.6 is 0 Å². The molecule has 4 heterocycles. The molecule has 0 atom stereocenters. The molecule has 7 nitrogen and oxygen atoms in total. The van der Waals surface area contributed by atoms with Crippen LogP contribution in [0, 0.1) is 17.6 Å². The highest BCUT2D eigenvalue weighted by Gasteiger charge is 2.52. The van der Waals surface area contributed by atoms with E-state index in [9.17, 15) is 28.3 Å². The van der Waals surface area contributed by atoms with Gasteiger partial charge < -0.3 is 19.9 Å². The smallest absolute Gasteiger partial charge is 0.275 e. The van der Waals surface area contributed by atoms with E-state index < -0.39 is 28.7 Å². The molecule has 9 heteroatoms. The number of carbonyl (C=O) groups is 2. The molecular weight excluding hydrogens is 408 g/mol. The second kappa shape index (κ2) is 6.90. The van der Waals surface area contributed by atoms with Crippen LogP contribution in [0.25, 0.3) is 0 Å². The van der Waals surface area contributed by atoms with Crippen molar-refractivity contribution in [2.24, 2.45) is 5.92 Å². The van der Waals surface area contributed by atoms with E-state index in [-0.39, 0.29) is 34.8 Å². The van der Waals surface area contributed by atoms with Crippen LogP contribution < -0.4 is 10.7 Å². The van der Waals surface area contributed by atoms with Crippen LogP contribution in [-0.2, 0) is 13.1 Å². The van der Waals surface area contributed by atoms with Gasteiger partial charge in [-0.2, -0.15) is 0 Å². The third-order valence-corrected chi connectivity index (χ3v) is 6.92. The molecule has 2 amide bonds. The number of rotatable bonds is 3. The Bertz CT molecular complexity index is 1170. The number of aromatic hydroxyl groups is 1. The van der Waals surface area contributed by atoms with Crippen LogP contribution in [0.1, 0.15) is 52.1 Å². The van der Waals surface area contributed by atoms with Crippen molar-refractivity contribution < 1.29 is 23.5 Å². The molecule has 3 fully saturated rings. The summed E-state index contributed by atoms with van der Waals surface area (Å²) in [5.41, 5.74) is -1.67. The van der Waals surface area contributed by atoms with Crippen LogP contribution in [0.2, 0.25) is 0 Å². The highest BCUT2D eigenvalue weighted by atomic mass is 19.1. The van der Waals surface area contributed by atoms with Gasteiger partial charge in [0, 0.05) is 37.5 Å². The SMILES string of the molecule is O=C(NCc1ccc(F)cc1F)c1cn2c(c(O)c1=O)C(=O)N1CC3CCC1(CC3)C2. The summed E-state index contributed by atoms with van der Waals surface area (Å²) in [5, 5.41) is 12.9. The minimum absolute atomic E-state index is 0.0562. The van der Waals surface area contributed by atoms with Crippen LogP contribution in [0.5, 0.6) is 5.75 Å². The topological polar surface area (TPSA) is 91.6 Å². The lowest BCUT2D eigenvalue weighted by molar-refractivity contribution is -0.0389. The standard InChI is InChI=1S/C22H21F2N3O4/c23-14-2-1-13(16(24)7-14)8-25-20(30)15-10-26-11-22-5-3-12(4-6-22)9-27(22)21(31)17(26)19(29)18(15)28/h1-2,7,10,12,29H,3-6,8-9,11H2,(H,25,30). The fourth-order valence-corrected chi connectivity index (χ4v) is 5.20. The quantitative estimate of drug-likeness (QED) is 0.782. The van der Waals surface area contributed by atoms with Crippen LogP contribution in [0.15, 0.2) is 29.2 Å². The van der Waals surface area contributed by atoms with Gasteiger partial charge in [0.1, 0.15) is 17.2 Å². The zero-order valence-electron chi connectivity index (χ0n) is 16.7. The van der Waals surface area contributed by atoms with E-state index in [1.807, 2.05) is 0 Å². The van der Waals surface area contributed by atoms with E-state index >= 15 is 0 Å². The third kappa shape index (κ3) is 3.02. The number of amides is 2. The maximum absolute atomic E-state index is 13.8. The molecule has 162 valence electrons. The number of hydrogen-bond donors (Lipinski definition) is 2. The monoisotopic (exact) mass is 429 g/mol. The first-order valence-corrected chi connectivity index (χ1v) is 10.3. The fraction of sp³-hybridized carbons (Fsp3) is 0.409. The molecule has 6 rings (SSSR count). The van der Waals surface area contributed by atoms with Gasteiger partial charge in [-0.15, -0.1) is 0 Å². The highest BCUT2D eigenvalue weighted by Crippen LogP contribution is 2.47. The Morgan fingerprint density at radius 2 is 1.97 bits per heavy atom. The number of pyridine rings is 1. The number of piperidine rings is 2. The number of nitrogens with zero attached hydrogens (tertiary/aromatic N) is 2. The molecular formula is C22H21F2N3O4. The molecule has 4 aliphatic rings. The van der Waals surface area contributed by atoms with Crippen molar-refractivity contribution in [2.45, 2.75) is 44.3 Å². The number of fused-ring (bicyclic) bond motifs is 3. The first-order valence-electron chi connectivity index (χ1n) is 10.3. The zero-order chi connectivity index (χ0) is 21.9. The molecule has 3 aliphatic heterocycles. The molecule has 31 heavy (non-hydrogen) atoms. The van der Waals surface area contributed by atoms with Crippen molar-refractivity contribution in [3.8, 4) is 5.75 Å². The van der Waals surface area contributed by atoms with Crippen molar-refractivity contribution in [3.63, 3.8) is 0 Å².